The molecule has 0 spiro atoms. The van der Waals surface area contributed by atoms with Gasteiger partial charge in [0.15, 0.2) is 0 Å². The zero-order chi connectivity index (χ0) is 14.5. The number of rotatable bonds is 4. The molecule has 1 aliphatic rings. The van der Waals surface area contributed by atoms with Crippen LogP contribution in [0.2, 0.25) is 0 Å². The first-order valence-electron chi connectivity index (χ1n) is 6.91. The minimum absolute atomic E-state index is 1.02. The van der Waals surface area contributed by atoms with E-state index in [0.29, 0.717) is 0 Å². The van der Waals surface area contributed by atoms with Gasteiger partial charge in [0.25, 0.3) is 0 Å². The highest BCUT2D eigenvalue weighted by Gasteiger charge is 2.22. The number of benzene rings is 2. The van der Waals surface area contributed by atoms with Gasteiger partial charge in [-0.2, -0.15) is 16.9 Å². The summed E-state index contributed by atoms with van der Waals surface area (Å²) in [6.45, 7) is 0. The third-order valence-corrected chi connectivity index (χ3v) is 8.36. The van der Waals surface area contributed by atoms with E-state index in [1.165, 1.54) is 11.5 Å². The Hall–Kier alpha value is -1.09. The van der Waals surface area contributed by atoms with Crippen LogP contribution in [0.3, 0.4) is 0 Å². The maximum Gasteiger partial charge on any atom is 0.106 e. The van der Waals surface area contributed by atoms with Crippen LogP contribution in [0.25, 0.3) is 0 Å². The van der Waals surface area contributed by atoms with E-state index >= 15 is 0 Å². The Labute approximate surface area is 135 Å². The van der Waals surface area contributed by atoms with Crippen molar-refractivity contribution >= 4 is 46.1 Å². The summed E-state index contributed by atoms with van der Waals surface area (Å²) in [5, 5.41) is 10.3. The van der Waals surface area contributed by atoms with Crippen LogP contribution in [0.4, 0.5) is 0 Å². The van der Waals surface area contributed by atoms with Crippen molar-refractivity contribution in [3.63, 3.8) is 0 Å². The van der Waals surface area contributed by atoms with Crippen LogP contribution in [-0.4, -0.2) is 17.2 Å². The van der Waals surface area contributed by atoms with Gasteiger partial charge in [0.1, 0.15) is 6.19 Å². The van der Waals surface area contributed by atoms with Gasteiger partial charge in [-0.15, -0.1) is 0 Å². The van der Waals surface area contributed by atoms with E-state index in [1.54, 1.807) is 0 Å². The molecule has 0 atom stereocenters. The molecule has 108 valence electrons. The van der Waals surface area contributed by atoms with Crippen molar-refractivity contribution in [2.75, 3.05) is 11.5 Å². The normalized spacial score (nSPS) is 17.0. The number of thioether (sulfide) groups is 1. The Morgan fingerprint density at radius 3 is 2.00 bits per heavy atom. The molecule has 0 aliphatic carbocycles. The topological polar surface area (TPSA) is 24.4 Å². The summed E-state index contributed by atoms with van der Waals surface area (Å²) < 4.78 is 0. The van der Waals surface area contributed by atoms with E-state index in [0.717, 1.165) is 22.8 Å². The van der Waals surface area contributed by atoms with Crippen molar-refractivity contribution in [3.05, 3.63) is 60.7 Å². The fourth-order valence-corrected chi connectivity index (χ4v) is 6.04. The van der Waals surface area contributed by atoms with Gasteiger partial charge in [-0.05, 0) is 12.2 Å². The average molecular weight is 332 g/mol. The maximum atomic E-state index is 6.06. The lowest BCUT2D eigenvalue weighted by Crippen LogP contribution is -2.25. The number of hydrogen-bond donors (Lipinski definition) is 1. The molecule has 0 unspecified atom stereocenters. The fraction of sp³-hybridized carbons (Fsp3) is 0.188. The molecule has 0 amide bonds. The predicted octanol–water partition coefficient (Wildman–Crippen LogP) is 3.11. The number of nitrogens with zero attached hydrogens (tertiary/aromatic N) is 1. The van der Waals surface area contributed by atoms with E-state index in [1.807, 2.05) is 48.2 Å². The summed E-state index contributed by atoms with van der Waals surface area (Å²) in [7, 11) is 0. The second kappa shape index (κ2) is 6.78. The molecule has 0 radical (unpaired) electrons. The number of nitrogens with one attached hydrogen (secondary N) is 1. The van der Waals surface area contributed by atoms with Gasteiger partial charge in [-0.1, -0.05) is 72.5 Å². The van der Waals surface area contributed by atoms with E-state index in [2.05, 4.69) is 34.6 Å². The average Bonchev–Trinajstić information content (AvgIpc) is 3.08. The summed E-state index contributed by atoms with van der Waals surface area (Å²) in [6.07, 6.45) is -1.02. The molecule has 0 bridgehead atoms. The second-order valence-corrected chi connectivity index (χ2v) is 10.1. The highest BCUT2D eigenvalue weighted by atomic mass is 32.4. The molecule has 21 heavy (non-hydrogen) atoms. The molecule has 1 saturated heterocycles. The Kier molecular flexibility index (Phi) is 4.79. The number of hydrogen-bond acceptors (Lipinski definition) is 3. The van der Waals surface area contributed by atoms with Crippen LogP contribution in [0.15, 0.2) is 65.8 Å². The molecule has 0 saturated carbocycles. The van der Waals surface area contributed by atoms with Crippen LogP contribution in [0.1, 0.15) is 6.42 Å². The van der Waals surface area contributed by atoms with E-state index in [9.17, 15) is 0 Å². The quantitative estimate of drug-likeness (QED) is 0.688. The molecular formula is C16H17N2PS2. The van der Waals surface area contributed by atoms with Crippen molar-refractivity contribution in [2.24, 2.45) is 5.10 Å². The minimum Gasteiger partial charge on any atom is -0.272 e. The molecule has 2 aromatic rings. The smallest absolute Gasteiger partial charge is 0.106 e. The van der Waals surface area contributed by atoms with Crippen LogP contribution in [0, 0.1) is 0 Å². The SMILES string of the molecule is S=P(N/N=C1/CCSC1)(c1ccccc1)c1ccccc1. The van der Waals surface area contributed by atoms with Crippen molar-refractivity contribution in [2.45, 2.75) is 6.42 Å². The summed E-state index contributed by atoms with van der Waals surface area (Å²) >= 11 is 7.99. The molecule has 1 heterocycles. The van der Waals surface area contributed by atoms with Gasteiger partial charge in [0.05, 0.1) is 0 Å². The lowest BCUT2D eigenvalue weighted by Gasteiger charge is -2.23. The Bertz CT molecular complexity index is 620. The summed E-state index contributed by atoms with van der Waals surface area (Å²) in [4.78, 5) is 0. The van der Waals surface area contributed by atoms with E-state index < -0.39 is 6.19 Å². The van der Waals surface area contributed by atoms with Gasteiger partial charge < -0.3 is 0 Å². The van der Waals surface area contributed by atoms with Gasteiger partial charge in [0.2, 0.25) is 0 Å². The largest absolute Gasteiger partial charge is 0.272 e. The Morgan fingerprint density at radius 1 is 0.952 bits per heavy atom. The van der Waals surface area contributed by atoms with Gasteiger partial charge >= 0.3 is 0 Å². The summed E-state index contributed by atoms with van der Waals surface area (Å²) in [6, 6.07) is 20.6. The lowest BCUT2D eigenvalue weighted by atomic mass is 10.3. The predicted molar refractivity (Wildman–Crippen MR) is 98.9 cm³/mol. The van der Waals surface area contributed by atoms with Gasteiger partial charge in [0, 0.05) is 22.1 Å². The monoisotopic (exact) mass is 332 g/mol. The third-order valence-electron chi connectivity index (χ3n) is 3.39. The van der Waals surface area contributed by atoms with Crippen molar-refractivity contribution in [1.82, 2.24) is 5.20 Å². The molecule has 1 N–H and O–H groups in total. The zero-order valence-corrected chi connectivity index (χ0v) is 14.1. The van der Waals surface area contributed by atoms with Crippen molar-refractivity contribution in [1.29, 1.82) is 0 Å². The van der Waals surface area contributed by atoms with E-state index in [4.69, 9.17) is 11.8 Å². The summed E-state index contributed by atoms with van der Waals surface area (Å²) in [5.74, 6) is 2.19. The maximum absolute atomic E-state index is 6.06. The first-order valence-corrected chi connectivity index (χ1v) is 10.9. The van der Waals surface area contributed by atoms with Gasteiger partial charge in [-0.3, -0.25) is 5.20 Å². The minimum atomic E-state index is -2.09. The van der Waals surface area contributed by atoms with Crippen LogP contribution in [-0.2, 0) is 11.8 Å². The van der Waals surface area contributed by atoms with Crippen LogP contribution >= 0.6 is 18.0 Å². The molecule has 3 rings (SSSR count). The molecule has 5 heteroatoms. The Morgan fingerprint density at radius 2 is 1.52 bits per heavy atom. The van der Waals surface area contributed by atoms with Crippen molar-refractivity contribution in [3.8, 4) is 0 Å². The molecule has 0 aromatic heterocycles. The molecule has 1 aliphatic heterocycles. The molecule has 2 aromatic carbocycles. The number of hydrazone groups is 1. The fourth-order valence-electron chi connectivity index (χ4n) is 2.22. The van der Waals surface area contributed by atoms with E-state index in [-0.39, 0.29) is 0 Å². The molecule has 2 nitrogen and oxygen atoms in total. The third kappa shape index (κ3) is 3.39. The highest BCUT2D eigenvalue weighted by molar-refractivity contribution is 8.20. The molecule has 1 fully saturated rings. The zero-order valence-electron chi connectivity index (χ0n) is 11.6. The summed E-state index contributed by atoms with van der Waals surface area (Å²) in [5.41, 5.74) is 1.22. The van der Waals surface area contributed by atoms with Gasteiger partial charge in [-0.25, -0.2) is 0 Å². The molecular weight excluding hydrogens is 315 g/mol. The Balaban J connectivity index is 1.99. The highest BCUT2D eigenvalue weighted by Crippen LogP contribution is 2.39. The van der Waals surface area contributed by atoms with Crippen LogP contribution in [0.5, 0.6) is 0 Å². The van der Waals surface area contributed by atoms with Crippen molar-refractivity contribution < 1.29 is 0 Å². The standard InChI is InChI=1S/C16H17N2PS2/c20-19(15-7-3-1-4-8-15,16-9-5-2-6-10-16)18-17-14-11-12-21-13-14/h1-10H,11-13H2,(H,18,20)/b17-14-. The lowest BCUT2D eigenvalue weighted by molar-refractivity contribution is 1.08. The first kappa shape index (κ1) is 14.8. The second-order valence-electron chi connectivity index (χ2n) is 4.86. The first-order chi connectivity index (χ1) is 10.3. The van der Waals surface area contributed by atoms with Crippen LogP contribution < -0.4 is 15.8 Å².